The Hall–Kier alpha value is -1.86. The van der Waals surface area contributed by atoms with Gasteiger partial charge in [-0.25, -0.2) is 0 Å². The summed E-state index contributed by atoms with van der Waals surface area (Å²) in [5.41, 5.74) is 4.41. The van der Waals surface area contributed by atoms with Crippen molar-refractivity contribution < 1.29 is 0 Å². The summed E-state index contributed by atoms with van der Waals surface area (Å²) in [7, 11) is -0.988. The highest BCUT2D eigenvalue weighted by atomic mass is 28.3. The average Bonchev–Trinajstić information content (AvgIpc) is 2.61. The Morgan fingerprint density at radius 1 is 0.760 bits per heavy atom. The molecule has 0 spiro atoms. The molecule has 2 rings (SSSR count). The van der Waals surface area contributed by atoms with Crippen LogP contribution in [-0.2, 0) is 12.8 Å². The van der Waals surface area contributed by atoms with E-state index in [1.165, 1.54) is 17.2 Å². The van der Waals surface area contributed by atoms with Crippen LogP contribution in [0.5, 0.6) is 0 Å². The third-order valence-corrected chi connectivity index (χ3v) is 5.81. The maximum atomic E-state index is 2.42. The fourth-order valence-corrected chi connectivity index (χ4v) is 3.66. The van der Waals surface area contributed by atoms with E-state index in [0.717, 1.165) is 25.7 Å². The van der Waals surface area contributed by atoms with E-state index in [4.69, 9.17) is 0 Å². The fourth-order valence-electron chi connectivity index (χ4n) is 2.82. The second-order valence-corrected chi connectivity index (χ2v) is 13.5. The average molecular weight is 349 g/mol. The predicted octanol–water partition coefficient (Wildman–Crippen LogP) is 7.07. The van der Waals surface area contributed by atoms with E-state index < -0.39 is 8.07 Å². The van der Waals surface area contributed by atoms with Gasteiger partial charge in [0.15, 0.2) is 0 Å². The quantitative estimate of drug-likeness (QED) is 0.336. The topological polar surface area (TPSA) is 0 Å². The summed E-state index contributed by atoms with van der Waals surface area (Å²) in [6, 6.07) is 22.9. The molecule has 0 bridgehead atoms. The number of hydrogen-bond acceptors (Lipinski definition) is 0. The fraction of sp³-hybridized carbons (Fsp3) is 0.333. The zero-order chi connectivity index (χ0) is 18.0. The SMILES string of the molecule is C[Si](C)(C)C/C=C/C=C(CCc1ccccc1)CCc1ccccc1. The molecule has 0 fully saturated rings. The number of rotatable bonds is 9. The van der Waals surface area contributed by atoms with Gasteiger partial charge in [-0.05, 0) is 42.9 Å². The summed E-state index contributed by atoms with van der Waals surface area (Å²) >= 11 is 0. The second-order valence-electron chi connectivity index (χ2n) is 7.99. The Kier molecular flexibility index (Phi) is 7.94. The number of hydrogen-bond donors (Lipinski definition) is 0. The van der Waals surface area contributed by atoms with E-state index in [1.54, 1.807) is 5.57 Å². The molecule has 0 unspecified atom stereocenters. The van der Waals surface area contributed by atoms with Crippen molar-refractivity contribution in [3.63, 3.8) is 0 Å². The van der Waals surface area contributed by atoms with Crippen molar-refractivity contribution in [2.75, 3.05) is 0 Å². The molecule has 0 saturated carbocycles. The molecule has 0 nitrogen and oxygen atoms in total. The molecule has 0 amide bonds. The van der Waals surface area contributed by atoms with Crippen LogP contribution in [0.1, 0.15) is 24.0 Å². The van der Waals surface area contributed by atoms with Crippen molar-refractivity contribution in [1.29, 1.82) is 0 Å². The van der Waals surface area contributed by atoms with Crippen molar-refractivity contribution >= 4 is 8.07 Å². The van der Waals surface area contributed by atoms with Gasteiger partial charge in [0.1, 0.15) is 0 Å². The van der Waals surface area contributed by atoms with Gasteiger partial charge in [-0.1, -0.05) is 104 Å². The molecule has 0 aromatic heterocycles. The highest BCUT2D eigenvalue weighted by molar-refractivity contribution is 6.76. The zero-order valence-electron chi connectivity index (χ0n) is 16.0. The normalized spacial score (nSPS) is 11.6. The van der Waals surface area contributed by atoms with Crippen LogP contribution in [0.25, 0.3) is 0 Å². The molecule has 0 aliphatic rings. The Balaban J connectivity index is 1.96. The summed E-state index contributed by atoms with van der Waals surface area (Å²) in [5, 5.41) is 0. The Morgan fingerprint density at radius 3 is 1.68 bits per heavy atom. The maximum absolute atomic E-state index is 2.42. The first-order valence-electron chi connectivity index (χ1n) is 9.45. The highest BCUT2D eigenvalue weighted by Gasteiger charge is 2.09. The summed E-state index contributed by atoms with van der Waals surface area (Å²) in [6.07, 6.45) is 11.6. The third kappa shape index (κ3) is 8.69. The van der Waals surface area contributed by atoms with E-state index in [-0.39, 0.29) is 0 Å². The van der Waals surface area contributed by atoms with Gasteiger partial charge in [-0.3, -0.25) is 0 Å². The van der Waals surface area contributed by atoms with Gasteiger partial charge >= 0.3 is 0 Å². The van der Waals surface area contributed by atoms with Crippen LogP contribution in [-0.4, -0.2) is 8.07 Å². The lowest BCUT2D eigenvalue weighted by molar-refractivity contribution is 0.835. The summed E-state index contributed by atoms with van der Waals surface area (Å²) < 4.78 is 0. The molecule has 1 heteroatoms. The standard InChI is InChI=1S/C24H32Si/c1-25(2,3)21-11-10-16-24(19-17-22-12-6-4-7-13-22)20-18-23-14-8-5-9-15-23/h4-16H,17-21H2,1-3H3/b11-10+. The molecule has 0 saturated heterocycles. The van der Waals surface area contributed by atoms with E-state index in [2.05, 4.69) is 98.5 Å². The number of benzene rings is 2. The molecular weight excluding hydrogens is 316 g/mol. The first-order chi connectivity index (χ1) is 12.0. The molecule has 2 aromatic carbocycles. The zero-order valence-corrected chi connectivity index (χ0v) is 17.0. The molecule has 0 heterocycles. The van der Waals surface area contributed by atoms with Crippen LogP contribution in [0.15, 0.2) is 84.5 Å². The molecule has 0 aliphatic carbocycles. The van der Waals surface area contributed by atoms with Crippen molar-refractivity contribution in [3.8, 4) is 0 Å². The van der Waals surface area contributed by atoms with E-state index in [0.29, 0.717) is 0 Å². The molecule has 0 N–H and O–H groups in total. The van der Waals surface area contributed by atoms with Gasteiger partial charge < -0.3 is 0 Å². The van der Waals surface area contributed by atoms with Crippen molar-refractivity contribution in [2.24, 2.45) is 0 Å². The molecular formula is C24H32Si. The Labute approximate surface area is 155 Å². The van der Waals surface area contributed by atoms with Gasteiger partial charge in [0.2, 0.25) is 0 Å². The minimum atomic E-state index is -0.988. The first kappa shape index (κ1) is 19.5. The number of aryl methyl sites for hydroxylation is 2. The summed E-state index contributed by atoms with van der Waals surface area (Å²) in [4.78, 5) is 0. The summed E-state index contributed by atoms with van der Waals surface area (Å²) in [5.74, 6) is 0. The maximum Gasteiger partial charge on any atom is 0.0480 e. The van der Waals surface area contributed by atoms with Crippen LogP contribution in [0.2, 0.25) is 25.7 Å². The smallest absolute Gasteiger partial charge is 0.0480 e. The van der Waals surface area contributed by atoms with Gasteiger partial charge in [0, 0.05) is 8.07 Å². The van der Waals surface area contributed by atoms with Gasteiger partial charge in [-0.15, -0.1) is 0 Å². The van der Waals surface area contributed by atoms with Gasteiger partial charge in [0.05, 0.1) is 0 Å². The van der Waals surface area contributed by atoms with Gasteiger partial charge in [-0.2, -0.15) is 0 Å². The van der Waals surface area contributed by atoms with Crippen LogP contribution in [0.3, 0.4) is 0 Å². The van der Waals surface area contributed by atoms with Crippen molar-refractivity contribution in [1.82, 2.24) is 0 Å². The highest BCUT2D eigenvalue weighted by Crippen LogP contribution is 2.17. The Bertz CT molecular complexity index is 615. The predicted molar refractivity (Wildman–Crippen MR) is 115 cm³/mol. The molecule has 0 aliphatic heterocycles. The molecule has 25 heavy (non-hydrogen) atoms. The monoisotopic (exact) mass is 348 g/mol. The molecule has 2 aromatic rings. The van der Waals surface area contributed by atoms with Crippen LogP contribution >= 0.6 is 0 Å². The van der Waals surface area contributed by atoms with Crippen LogP contribution in [0.4, 0.5) is 0 Å². The van der Waals surface area contributed by atoms with E-state index in [1.807, 2.05) is 0 Å². The minimum absolute atomic E-state index is 0.988. The van der Waals surface area contributed by atoms with Crippen molar-refractivity contribution in [2.45, 2.75) is 51.4 Å². The minimum Gasteiger partial charge on any atom is -0.0872 e. The lowest BCUT2D eigenvalue weighted by Crippen LogP contribution is -2.17. The Morgan fingerprint density at radius 2 is 1.24 bits per heavy atom. The molecule has 0 atom stereocenters. The second kappa shape index (κ2) is 10.2. The molecule has 132 valence electrons. The van der Waals surface area contributed by atoms with Crippen molar-refractivity contribution in [3.05, 3.63) is 95.6 Å². The number of allylic oxidation sites excluding steroid dienone is 4. The van der Waals surface area contributed by atoms with Crippen LogP contribution < -0.4 is 0 Å². The third-order valence-electron chi connectivity index (χ3n) is 4.35. The summed E-state index contributed by atoms with van der Waals surface area (Å²) in [6.45, 7) is 7.27. The lowest BCUT2D eigenvalue weighted by atomic mass is 9.98. The lowest BCUT2D eigenvalue weighted by Gasteiger charge is -2.11. The largest absolute Gasteiger partial charge is 0.0872 e. The van der Waals surface area contributed by atoms with Gasteiger partial charge in [0.25, 0.3) is 0 Å². The van der Waals surface area contributed by atoms with Crippen LogP contribution in [0, 0.1) is 0 Å². The van der Waals surface area contributed by atoms with E-state index in [9.17, 15) is 0 Å². The first-order valence-corrected chi connectivity index (χ1v) is 13.2. The van der Waals surface area contributed by atoms with E-state index >= 15 is 0 Å². The molecule has 0 radical (unpaired) electrons.